The number of hydrogen-bond acceptors (Lipinski definition) is 3. The van der Waals surface area contributed by atoms with Gasteiger partial charge in [0.1, 0.15) is 5.92 Å². The maximum absolute atomic E-state index is 11.8. The Morgan fingerprint density at radius 3 is 2.69 bits per heavy atom. The van der Waals surface area contributed by atoms with Crippen molar-refractivity contribution in [3.63, 3.8) is 0 Å². The fourth-order valence-electron chi connectivity index (χ4n) is 1.79. The third-order valence-electron chi connectivity index (χ3n) is 2.88. The van der Waals surface area contributed by atoms with Crippen LogP contribution in [-0.2, 0) is 14.3 Å². The number of carboxylic acid groups (broad SMARTS) is 1. The zero-order valence-electron chi connectivity index (χ0n) is 9.81. The van der Waals surface area contributed by atoms with Crippen molar-refractivity contribution >= 4 is 11.9 Å². The first-order valence-corrected chi connectivity index (χ1v) is 5.69. The van der Waals surface area contributed by atoms with Crippen LogP contribution in [-0.4, -0.2) is 47.7 Å². The van der Waals surface area contributed by atoms with Crippen LogP contribution in [0.5, 0.6) is 0 Å². The van der Waals surface area contributed by atoms with Crippen LogP contribution >= 0.6 is 0 Å². The van der Waals surface area contributed by atoms with E-state index in [1.807, 2.05) is 6.92 Å². The van der Waals surface area contributed by atoms with Gasteiger partial charge in [0.25, 0.3) is 0 Å². The Kier molecular flexibility index (Phi) is 4.73. The zero-order valence-corrected chi connectivity index (χ0v) is 9.81. The number of likely N-dealkylation sites (N-methyl/N-ethyl adjacent to an activating group) is 1. The van der Waals surface area contributed by atoms with Crippen molar-refractivity contribution < 1.29 is 19.4 Å². The van der Waals surface area contributed by atoms with Gasteiger partial charge in [-0.05, 0) is 26.7 Å². The number of carboxylic acids is 1. The molecular weight excluding hydrogens is 210 g/mol. The van der Waals surface area contributed by atoms with Gasteiger partial charge in [0, 0.05) is 19.7 Å². The molecule has 0 aromatic heterocycles. The molecule has 2 atom stereocenters. The molecule has 1 rings (SSSR count). The van der Waals surface area contributed by atoms with Crippen LogP contribution in [0.1, 0.15) is 26.7 Å². The first kappa shape index (κ1) is 13.0. The molecule has 1 N–H and O–H groups in total. The van der Waals surface area contributed by atoms with Gasteiger partial charge in [0.15, 0.2) is 0 Å². The van der Waals surface area contributed by atoms with E-state index in [2.05, 4.69) is 0 Å². The molecule has 1 aliphatic rings. The number of nitrogens with zero attached hydrogens (tertiary/aromatic N) is 1. The van der Waals surface area contributed by atoms with E-state index < -0.39 is 11.9 Å². The number of ether oxygens (including phenoxy) is 1. The molecule has 2 unspecified atom stereocenters. The third kappa shape index (κ3) is 3.20. The van der Waals surface area contributed by atoms with E-state index in [1.54, 1.807) is 4.90 Å². The van der Waals surface area contributed by atoms with Crippen LogP contribution < -0.4 is 0 Å². The monoisotopic (exact) mass is 229 g/mol. The van der Waals surface area contributed by atoms with Crippen LogP contribution in [0.25, 0.3) is 0 Å². The predicted octanol–water partition coefficient (Wildman–Crippen LogP) is 0.735. The molecule has 92 valence electrons. The lowest BCUT2D eigenvalue weighted by Crippen LogP contribution is -2.42. The Labute approximate surface area is 95.4 Å². The summed E-state index contributed by atoms with van der Waals surface area (Å²) < 4.78 is 5.43. The van der Waals surface area contributed by atoms with E-state index in [-0.39, 0.29) is 12.0 Å². The van der Waals surface area contributed by atoms with Crippen molar-refractivity contribution in [3.05, 3.63) is 0 Å². The molecule has 0 aromatic rings. The first-order chi connectivity index (χ1) is 7.56. The highest BCUT2D eigenvalue weighted by Crippen LogP contribution is 2.14. The molecule has 1 saturated heterocycles. The molecule has 0 spiro atoms. The lowest BCUT2D eigenvalue weighted by molar-refractivity contribution is -0.150. The smallest absolute Gasteiger partial charge is 0.315 e. The highest BCUT2D eigenvalue weighted by atomic mass is 16.5. The molecule has 0 aromatic carbocycles. The second kappa shape index (κ2) is 5.84. The topological polar surface area (TPSA) is 66.8 Å². The average molecular weight is 229 g/mol. The van der Waals surface area contributed by atoms with E-state index in [1.165, 1.54) is 6.92 Å². The third-order valence-corrected chi connectivity index (χ3v) is 2.88. The second-order valence-corrected chi connectivity index (χ2v) is 4.07. The summed E-state index contributed by atoms with van der Waals surface area (Å²) in [5.41, 5.74) is 0. The predicted molar refractivity (Wildman–Crippen MR) is 58.0 cm³/mol. The maximum atomic E-state index is 11.8. The van der Waals surface area contributed by atoms with E-state index in [4.69, 9.17) is 9.84 Å². The van der Waals surface area contributed by atoms with Gasteiger partial charge >= 0.3 is 5.97 Å². The number of amides is 1. The summed E-state index contributed by atoms with van der Waals surface area (Å²) in [7, 11) is 0. The summed E-state index contributed by atoms with van der Waals surface area (Å²) >= 11 is 0. The summed E-state index contributed by atoms with van der Waals surface area (Å²) in [5, 5.41) is 8.78. The minimum atomic E-state index is -1.07. The Bertz CT molecular complexity index is 261. The van der Waals surface area contributed by atoms with Gasteiger partial charge in [-0.3, -0.25) is 9.59 Å². The van der Waals surface area contributed by atoms with E-state index in [0.717, 1.165) is 19.4 Å². The molecule has 0 aliphatic carbocycles. The lowest BCUT2D eigenvalue weighted by atomic mass is 10.1. The van der Waals surface area contributed by atoms with Crippen LogP contribution in [0.3, 0.4) is 0 Å². The number of aliphatic carboxylic acids is 1. The molecule has 0 bridgehead atoms. The van der Waals surface area contributed by atoms with Crippen molar-refractivity contribution in [1.29, 1.82) is 0 Å². The number of hydrogen-bond donors (Lipinski definition) is 1. The standard InChI is InChI=1S/C11H19NO4/c1-3-12(7-9-5-4-6-16-9)10(13)8(2)11(14)15/h8-9H,3-7H2,1-2H3,(H,14,15). The van der Waals surface area contributed by atoms with Crippen molar-refractivity contribution in [1.82, 2.24) is 4.90 Å². The van der Waals surface area contributed by atoms with Crippen molar-refractivity contribution in [2.24, 2.45) is 5.92 Å². The molecule has 1 amide bonds. The van der Waals surface area contributed by atoms with Gasteiger partial charge in [0.2, 0.25) is 5.91 Å². The fraction of sp³-hybridized carbons (Fsp3) is 0.818. The quantitative estimate of drug-likeness (QED) is 0.706. The van der Waals surface area contributed by atoms with Crippen molar-refractivity contribution in [3.8, 4) is 0 Å². The highest BCUT2D eigenvalue weighted by Gasteiger charge is 2.28. The van der Waals surface area contributed by atoms with Gasteiger partial charge < -0.3 is 14.7 Å². The number of carbonyl (C=O) groups is 2. The molecule has 0 radical (unpaired) electrons. The first-order valence-electron chi connectivity index (χ1n) is 5.69. The summed E-state index contributed by atoms with van der Waals surface area (Å²) in [6.45, 7) is 5.04. The second-order valence-electron chi connectivity index (χ2n) is 4.07. The number of rotatable bonds is 5. The Morgan fingerprint density at radius 2 is 2.25 bits per heavy atom. The maximum Gasteiger partial charge on any atom is 0.315 e. The lowest BCUT2D eigenvalue weighted by Gasteiger charge is -2.25. The Balaban J connectivity index is 2.52. The SMILES string of the molecule is CCN(CC1CCCO1)C(=O)C(C)C(=O)O. The van der Waals surface area contributed by atoms with E-state index in [9.17, 15) is 9.59 Å². The van der Waals surface area contributed by atoms with Gasteiger partial charge in [-0.15, -0.1) is 0 Å². The van der Waals surface area contributed by atoms with Gasteiger partial charge in [-0.1, -0.05) is 0 Å². The Morgan fingerprint density at radius 1 is 1.56 bits per heavy atom. The zero-order chi connectivity index (χ0) is 12.1. The Hall–Kier alpha value is -1.10. The molecular formula is C11H19NO4. The van der Waals surface area contributed by atoms with E-state index in [0.29, 0.717) is 13.1 Å². The van der Waals surface area contributed by atoms with Crippen LogP contribution in [0.2, 0.25) is 0 Å². The summed E-state index contributed by atoms with van der Waals surface area (Å²) in [6.07, 6.45) is 2.04. The molecule has 5 nitrogen and oxygen atoms in total. The van der Waals surface area contributed by atoms with Crippen LogP contribution in [0, 0.1) is 5.92 Å². The number of carbonyl (C=O) groups excluding carboxylic acids is 1. The summed E-state index contributed by atoms with van der Waals surface area (Å²) in [4.78, 5) is 24.1. The minimum Gasteiger partial charge on any atom is -0.481 e. The van der Waals surface area contributed by atoms with Gasteiger partial charge in [-0.2, -0.15) is 0 Å². The minimum absolute atomic E-state index is 0.0740. The van der Waals surface area contributed by atoms with Crippen molar-refractivity contribution in [2.45, 2.75) is 32.8 Å². The molecule has 1 heterocycles. The van der Waals surface area contributed by atoms with Crippen molar-refractivity contribution in [2.75, 3.05) is 19.7 Å². The normalized spacial score (nSPS) is 21.8. The average Bonchev–Trinajstić information content (AvgIpc) is 2.76. The molecule has 16 heavy (non-hydrogen) atoms. The largest absolute Gasteiger partial charge is 0.481 e. The summed E-state index contributed by atoms with van der Waals surface area (Å²) in [5.74, 6) is -2.37. The molecule has 0 saturated carbocycles. The highest BCUT2D eigenvalue weighted by molar-refractivity contribution is 5.96. The molecule has 1 aliphatic heterocycles. The molecule has 5 heteroatoms. The van der Waals surface area contributed by atoms with Gasteiger partial charge in [-0.25, -0.2) is 0 Å². The fourth-order valence-corrected chi connectivity index (χ4v) is 1.79. The molecule has 1 fully saturated rings. The van der Waals surface area contributed by atoms with Crippen LogP contribution in [0.15, 0.2) is 0 Å². The van der Waals surface area contributed by atoms with Gasteiger partial charge in [0.05, 0.1) is 6.10 Å². The van der Waals surface area contributed by atoms with E-state index >= 15 is 0 Å². The van der Waals surface area contributed by atoms with Crippen LogP contribution in [0.4, 0.5) is 0 Å². The summed E-state index contributed by atoms with van der Waals surface area (Å²) in [6, 6.07) is 0.